The summed E-state index contributed by atoms with van der Waals surface area (Å²) in [6, 6.07) is 66.8. The Hall–Kier alpha value is -14.7. The van der Waals surface area contributed by atoms with E-state index in [4.69, 9.17) is 42.6 Å². The van der Waals surface area contributed by atoms with Gasteiger partial charge in [-0.3, -0.25) is 67.1 Å². The normalized spacial score (nSPS) is 12.7. The number of benzene rings is 9. The first-order valence-electron chi connectivity index (χ1n) is 45.9. The fourth-order valence-electron chi connectivity index (χ4n) is 14.4. The number of carbonyl (C=O) groups is 15. The van der Waals surface area contributed by atoms with Crippen LogP contribution in [-0.2, 0) is 169 Å². The summed E-state index contributed by atoms with van der Waals surface area (Å²) in [5.74, 6) is -15.0. The lowest BCUT2D eigenvalue weighted by Gasteiger charge is -2.28. The molecule has 0 saturated carbocycles. The lowest BCUT2D eigenvalue weighted by molar-refractivity contribution is -0.147. The quantitative estimate of drug-likeness (QED) is 0.0117. The van der Waals surface area contributed by atoms with Gasteiger partial charge in [-0.05, 0) is 127 Å². The molecule has 0 bridgehead atoms. The van der Waals surface area contributed by atoms with Gasteiger partial charge in [0.05, 0.1) is 25.3 Å². The minimum atomic E-state index is -1.93. The average molecular weight is 1870 g/mol. The Morgan fingerprint density at radius 1 is 0.248 bits per heavy atom. The average Bonchev–Trinajstić information content (AvgIpc) is 0.842. The van der Waals surface area contributed by atoms with Crippen LogP contribution in [0.4, 0.5) is 0 Å². The smallest absolute Gasteiger partial charge is 0.306 e. The molecular weight excluding hydrogens is 1750 g/mol. The third kappa shape index (κ3) is 41.4. The van der Waals surface area contributed by atoms with E-state index in [1.54, 1.807) is 237 Å². The summed E-state index contributed by atoms with van der Waals surface area (Å²) in [4.78, 5) is 218. The molecule has 9 rings (SSSR count). The van der Waals surface area contributed by atoms with Crippen molar-refractivity contribution in [1.29, 1.82) is 0 Å². The molecule has 6 N–H and O–H groups in total. The van der Waals surface area contributed by atoms with E-state index in [0.717, 1.165) is 5.56 Å². The molecule has 722 valence electrons. The highest BCUT2D eigenvalue weighted by atomic mass is 16.6. The standard InChI is InChI=1S/C107H120N6O24/c1-75(114)64-86(65-77-45-48-87(49-46-77)131-68-78-30-13-4-14-31-78)103(124)113-93(66-76-28-11-3-12-29-76)95(116)67-85(47-55-96(117)132-69-79-32-15-5-16-33-79)102(123)109-89(51-57-98(119)134-71-81-36-19-7-20-37-81)105(126)111-91(53-59-100(121)136-73-83-40-23-9-24-41-83)107(128)112-92(54-60-101(122)137-74-84-42-25-10-26-43-84)106(127)110-90(52-58-99(120)135-72-82-38-21-8-22-39-82)104(125)108-88(94(115)44-27-61-130-63-62-129-2)50-56-97(118)133-70-80-34-17-6-18-35-80/h3-26,28-43,45-46,48-49,85-86,88-93H,27,44,47,50-74H2,1-2H3,(H,108,125)(H,109,123)(H,110,127)(H,111,126)(H,112,128)(H,113,124)/t85-,86+,88-,89-,90-,91-,92-,93-/m1/s1. The van der Waals surface area contributed by atoms with Crippen LogP contribution in [0.2, 0.25) is 0 Å². The fourth-order valence-corrected chi connectivity index (χ4v) is 14.4. The van der Waals surface area contributed by atoms with Crippen LogP contribution < -0.4 is 36.6 Å². The summed E-state index contributed by atoms with van der Waals surface area (Å²) < 4.78 is 50.4. The maximum atomic E-state index is 15.7. The van der Waals surface area contributed by atoms with E-state index in [0.29, 0.717) is 56.9 Å². The third-order valence-electron chi connectivity index (χ3n) is 22.1. The number of methoxy groups -OCH3 is 1. The van der Waals surface area contributed by atoms with Crippen LogP contribution in [0.5, 0.6) is 5.75 Å². The molecule has 30 heteroatoms. The Labute approximate surface area is 797 Å². The maximum Gasteiger partial charge on any atom is 0.306 e. The van der Waals surface area contributed by atoms with Gasteiger partial charge in [0.1, 0.15) is 81.9 Å². The molecule has 0 aliphatic rings. The van der Waals surface area contributed by atoms with Gasteiger partial charge >= 0.3 is 35.8 Å². The van der Waals surface area contributed by atoms with Crippen molar-refractivity contribution in [2.24, 2.45) is 11.8 Å². The van der Waals surface area contributed by atoms with E-state index in [-0.39, 0.29) is 110 Å². The molecule has 0 heterocycles. The first-order valence-corrected chi connectivity index (χ1v) is 45.9. The zero-order valence-corrected chi connectivity index (χ0v) is 77.1. The number of nitrogens with one attached hydrogen (secondary N) is 6. The monoisotopic (exact) mass is 1870 g/mol. The lowest BCUT2D eigenvalue weighted by Crippen LogP contribution is -2.59. The molecule has 0 aliphatic carbocycles. The Morgan fingerprint density at radius 2 is 0.526 bits per heavy atom. The van der Waals surface area contributed by atoms with Crippen molar-refractivity contribution in [3.8, 4) is 5.75 Å². The SMILES string of the molecule is COCCOCCCC(=O)[C@@H](CCC(=O)OCc1ccccc1)NC(=O)[C@@H](CCC(=O)OCc1ccccc1)NC(=O)[C@@H](CCC(=O)OCc1ccccc1)NC(=O)[C@@H](CCC(=O)OCc1ccccc1)NC(=O)[C@@H](CCC(=O)OCc1ccccc1)NC(=O)[C@H](CCC(=O)OCc1ccccc1)CC(=O)[C@@H](Cc1ccccc1)NC(=O)[C@@H](CC(C)=O)Cc1ccc(OCc2ccccc2)cc1. The van der Waals surface area contributed by atoms with Gasteiger partial charge in [0, 0.05) is 83.3 Å². The third-order valence-corrected chi connectivity index (χ3v) is 22.1. The number of rotatable bonds is 62. The second kappa shape index (κ2) is 59.9. The summed E-state index contributed by atoms with van der Waals surface area (Å²) in [7, 11) is 1.50. The van der Waals surface area contributed by atoms with Crippen LogP contribution in [0.3, 0.4) is 0 Å². The first kappa shape index (κ1) is 106. The van der Waals surface area contributed by atoms with E-state index in [2.05, 4.69) is 31.9 Å². The van der Waals surface area contributed by atoms with Gasteiger partial charge in [-0.25, -0.2) is 0 Å². The molecule has 0 aliphatic heterocycles. The van der Waals surface area contributed by atoms with Crippen LogP contribution in [0.1, 0.15) is 160 Å². The molecule has 0 fully saturated rings. The highest BCUT2D eigenvalue weighted by Gasteiger charge is 2.38. The number of hydrogen-bond donors (Lipinski definition) is 6. The summed E-state index contributed by atoms with van der Waals surface area (Å²) in [6.45, 7) is 1.06. The minimum Gasteiger partial charge on any atom is -0.489 e. The van der Waals surface area contributed by atoms with E-state index in [1.807, 2.05) is 30.3 Å². The highest BCUT2D eigenvalue weighted by Crippen LogP contribution is 2.24. The zero-order chi connectivity index (χ0) is 97.6. The van der Waals surface area contributed by atoms with Crippen molar-refractivity contribution in [2.75, 3.05) is 26.9 Å². The Kier molecular flexibility index (Phi) is 46.3. The number of carbonyl (C=O) groups excluding carboxylic acids is 15. The minimum absolute atomic E-state index is 0.0524. The van der Waals surface area contributed by atoms with Gasteiger partial charge in [0.15, 0.2) is 11.6 Å². The number of hydrogen-bond acceptors (Lipinski definition) is 24. The largest absolute Gasteiger partial charge is 0.489 e. The molecule has 0 spiro atoms. The topological polar surface area (TPSA) is 411 Å². The lowest BCUT2D eigenvalue weighted by atomic mass is 9.89. The number of ketones is 3. The summed E-state index contributed by atoms with van der Waals surface area (Å²) >= 11 is 0. The van der Waals surface area contributed by atoms with Gasteiger partial charge in [-0.15, -0.1) is 0 Å². The molecule has 9 aromatic carbocycles. The van der Waals surface area contributed by atoms with Crippen molar-refractivity contribution in [3.05, 3.63) is 317 Å². The van der Waals surface area contributed by atoms with E-state index in [1.165, 1.54) is 14.0 Å². The molecule has 0 radical (unpaired) electrons. The summed E-state index contributed by atoms with van der Waals surface area (Å²) in [6.07, 6.45) is -7.43. The number of amides is 6. The van der Waals surface area contributed by atoms with Crippen molar-refractivity contribution >= 4 is 88.6 Å². The van der Waals surface area contributed by atoms with Gasteiger partial charge in [0.25, 0.3) is 0 Å². The molecule has 6 amide bonds. The fraction of sp³-hybridized carbons (Fsp3) is 0.355. The molecule has 8 atom stereocenters. The molecular formula is C107H120N6O24. The van der Waals surface area contributed by atoms with Crippen LogP contribution >= 0.6 is 0 Å². The molecule has 9 aromatic rings. The predicted molar refractivity (Wildman–Crippen MR) is 504 cm³/mol. The van der Waals surface area contributed by atoms with Gasteiger partial charge in [-0.1, -0.05) is 255 Å². The number of esters is 6. The van der Waals surface area contributed by atoms with E-state index < -0.39 is 202 Å². The molecule has 0 unspecified atom stereocenters. The van der Waals surface area contributed by atoms with Crippen LogP contribution in [0, 0.1) is 11.8 Å². The van der Waals surface area contributed by atoms with Gasteiger partial charge in [-0.2, -0.15) is 0 Å². The number of ether oxygens (including phenoxy) is 9. The van der Waals surface area contributed by atoms with Gasteiger partial charge < -0.3 is 79.3 Å². The van der Waals surface area contributed by atoms with Crippen molar-refractivity contribution in [1.82, 2.24) is 31.9 Å². The van der Waals surface area contributed by atoms with Crippen molar-refractivity contribution in [3.63, 3.8) is 0 Å². The van der Waals surface area contributed by atoms with E-state index in [9.17, 15) is 43.2 Å². The molecule has 137 heavy (non-hydrogen) atoms. The zero-order valence-electron chi connectivity index (χ0n) is 77.1. The molecule has 0 aromatic heterocycles. The number of Topliss-reactive ketones (excluding diaryl/α,β-unsaturated/α-hetero) is 3. The highest BCUT2D eigenvalue weighted by molar-refractivity contribution is 5.99. The van der Waals surface area contributed by atoms with Crippen LogP contribution in [-0.4, -0.2) is 152 Å². The summed E-state index contributed by atoms with van der Waals surface area (Å²) in [5, 5.41) is 16.1. The van der Waals surface area contributed by atoms with E-state index >= 15 is 28.8 Å². The Bertz CT molecular complexity index is 5300. The van der Waals surface area contributed by atoms with Crippen molar-refractivity contribution in [2.45, 2.75) is 205 Å². The Balaban J connectivity index is 1.04. The second-order valence-electron chi connectivity index (χ2n) is 32.9. The Morgan fingerprint density at radius 3 is 0.854 bits per heavy atom. The first-order chi connectivity index (χ1) is 66.5. The molecule has 0 saturated heterocycles. The van der Waals surface area contributed by atoms with Crippen LogP contribution in [0.15, 0.2) is 267 Å². The second-order valence-corrected chi connectivity index (χ2v) is 32.9. The van der Waals surface area contributed by atoms with Crippen molar-refractivity contribution < 1.29 is 115 Å². The van der Waals surface area contributed by atoms with Gasteiger partial charge in [0.2, 0.25) is 35.4 Å². The summed E-state index contributed by atoms with van der Waals surface area (Å²) in [5.41, 5.74) is 5.87. The molecule has 30 nitrogen and oxygen atoms in total. The predicted octanol–water partition coefficient (Wildman–Crippen LogP) is 12.3. The van der Waals surface area contributed by atoms with Crippen LogP contribution in [0.25, 0.3) is 0 Å². The maximum absolute atomic E-state index is 15.7.